The highest BCUT2D eigenvalue weighted by molar-refractivity contribution is 9.10. The minimum absolute atomic E-state index is 0.141. The molecule has 1 amide bonds. The van der Waals surface area contributed by atoms with Gasteiger partial charge in [-0.3, -0.25) is 4.79 Å². The zero-order valence-electron chi connectivity index (χ0n) is 10.7. The van der Waals surface area contributed by atoms with Crippen LogP contribution in [-0.4, -0.2) is 21.9 Å². The number of rotatable bonds is 5. The first-order chi connectivity index (χ1) is 9.54. The number of carbonyl (C=O) groups is 1. The van der Waals surface area contributed by atoms with Crippen molar-refractivity contribution in [1.82, 2.24) is 10.2 Å². The summed E-state index contributed by atoms with van der Waals surface area (Å²) in [6.07, 6.45) is 0. The highest BCUT2D eigenvalue weighted by Gasteiger charge is 2.12. The molecule has 1 heterocycles. The van der Waals surface area contributed by atoms with Crippen LogP contribution in [0.4, 0.5) is 5.69 Å². The van der Waals surface area contributed by atoms with Gasteiger partial charge in [0.2, 0.25) is 11.8 Å². The standard InChI is InChI=1S/C12H13BrN4O2S/c1-7(14)11-16-17-12(19-11)20-6-10(18)15-9-4-2-8(13)3-5-9/h2-5,7H,6,14H2,1H3,(H,15,18)/t7-/m0/s1. The van der Waals surface area contributed by atoms with Crippen LogP contribution in [0.25, 0.3) is 0 Å². The Morgan fingerprint density at radius 3 is 2.75 bits per heavy atom. The minimum Gasteiger partial charge on any atom is -0.414 e. The number of nitrogens with one attached hydrogen (secondary N) is 1. The van der Waals surface area contributed by atoms with Gasteiger partial charge >= 0.3 is 0 Å². The maximum absolute atomic E-state index is 11.8. The number of halogens is 1. The van der Waals surface area contributed by atoms with Crippen LogP contribution in [0.15, 0.2) is 38.4 Å². The van der Waals surface area contributed by atoms with Crippen LogP contribution in [0.5, 0.6) is 0 Å². The van der Waals surface area contributed by atoms with E-state index in [-0.39, 0.29) is 17.7 Å². The number of nitrogens with two attached hydrogens (primary N) is 1. The Labute approximate surface area is 128 Å². The van der Waals surface area contributed by atoms with Gasteiger partial charge in [-0.25, -0.2) is 0 Å². The van der Waals surface area contributed by atoms with Gasteiger partial charge in [0.1, 0.15) is 0 Å². The zero-order valence-corrected chi connectivity index (χ0v) is 13.1. The molecule has 2 rings (SSSR count). The van der Waals surface area contributed by atoms with Gasteiger partial charge in [-0.1, -0.05) is 27.7 Å². The number of thioether (sulfide) groups is 1. The molecule has 1 aromatic carbocycles. The van der Waals surface area contributed by atoms with Crippen molar-refractivity contribution in [2.24, 2.45) is 5.73 Å². The predicted octanol–water partition coefficient (Wildman–Crippen LogP) is 2.58. The summed E-state index contributed by atoms with van der Waals surface area (Å²) in [6, 6.07) is 7.03. The average molecular weight is 357 g/mol. The summed E-state index contributed by atoms with van der Waals surface area (Å²) in [6.45, 7) is 1.75. The number of hydrogen-bond donors (Lipinski definition) is 2. The van der Waals surface area contributed by atoms with E-state index in [4.69, 9.17) is 10.2 Å². The highest BCUT2D eigenvalue weighted by atomic mass is 79.9. The molecule has 8 heteroatoms. The highest BCUT2D eigenvalue weighted by Crippen LogP contribution is 2.19. The number of hydrogen-bond acceptors (Lipinski definition) is 6. The lowest BCUT2D eigenvalue weighted by Crippen LogP contribution is -2.13. The molecule has 1 atom stereocenters. The maximum Gasteiger partial charge on any atom is 0.277 e. The van der Waals surface area contributed by atoms with Gasteiger partial charge < -0.3 is 15.5 Å². The minimum atomic E-state index is -0.312. The van der Waals surface area contributed by atoms with Crippen LogP contribution in [0.2, 0.25) is 0 Å². The first-order valence-corrected chi connectivity index (χ1v) is 7.59. The summed E-state index contributed by atoms with van der Waals surface area (Å²) in [5.41, 5.74) is 6.35. The first kappa shape index (κ1) is 15.0. The van der Waals surface area contributed by atoms with Gasteiger partial charge in [-0.05, 0) is 31.2 Å². The number of aromatic nitrogens is 2. The Morgan fingerprint density at radius 1 is 1.45 bits per heavy atom. The van der Waals surface area contributed by atoms with Crippen molar-refractivity contribution in [1.29, 1.82) is 0 Å². The summed E-state index contributed by atoms with van der Waals surface area (Å²) in [7, 11) is 0. The molecule has 0 bridgehead atoms. The Hall–Kier alpha value is -1.38. The monoisotopic (exact) mass is 356 g/mol. The van der Waals surface area contributed by atoms with Crippen molar-refractivity contribution in [2.45, 2.75) is 18.2 Å². The van der Waals surface area contributed by atoms with Gasteiger partial charge in [-0.2, -0.15) is 0 Å². The topological polar surface area (TPSA) is 94.0 Å². The number of benzene rings is 1. The molecule has 20 heavy (non-hydrogen) atoms. The molecule has 106 valence electrons. The molecule has 0 unspecified atom stereocenters. The van der Waals surface area contributed by atoms with E-state index in [1.54, 1.807) is 6.92 Å². The third-order valence-corrected chi connectivity index (χ3v) is 3.61. The predicted molar refractivity (Wildman–Crippen MR) is 80.4 cm³/mol. The summed E-state index contributed by atoms with van der Waals surface area (Å²) in [4.78, 5) is 11.8. The van der Waals surface area contributed by atoms with Crippen molar-refractivity contribution in [3.8, 4) is 0 Å². The van der Waals surface area contributed by atoms with E-state index in [0.29, 0.717) is 11.1 Å². The molecule has 0 saturated heterocycles. The lowest BCUT2D eigenvalue weighted by atomic mass is 10.3. The molecular formula is C12H13BrN4O2S. The van der Waals surface area contributed by atoms with E-state index in [0.717, 1.165) is 10.2 Å². The van der Waals surface area contributed by atoms with E-state index in [9.17, 15) is 4.79 Å². The van der Waals surface area contributed by atoms with Crippen LogP contribution in [0.1, 0.15) is 18.9 Å². The van der Waals surface area contributed by atoms with Gasteiger partial charge in [0.15, 0.2) is 0 Å². The maximum atomic E-state index is 11.8. The molecule has 0 fully saturated rings. The average Bonchev–Trinajstić information content (AvgIpc) is 2.88. The van der Waals surface area contributed by atoms with Gasteiger partial charge in [0, 0.05) is 10.2 Å². The fourth-order valence-electron chi connectivity index (χ4n) is 1.32. The van der Waals surface area contributed by atoms with E-state index in [2.05, 4.69) is 31.4 Å². The van der Waals surface area contributed by atoms with Gasteiger partial charge in [0.05, 0.1) is 11.8 Å². The summed E-state index contributed by atoms with van der Waals surface area (Å²) >= 11 is 4.50. The van der Waals surface area contributed by atoms with Crippen LogP contribution in [0, 0.1) is 0 Å². The quantitative estimate of drug-likeness (QED) is 0.799. The summed E-state index contributed by atoms with van der Waals surface area (Å²) in [5.74, 6) is 0.412. The second kappa shape index (κ2) is 6.87. The molecule has 0 aliphatic rings. The fraction of sp³-hybridized carbons (Fsp3) is 0.250. The third kappa shape index (κ3) is 4.32. The Bertz CT molecular complexity index is 585. The molecular weight excluding hydrogens is 344 g/mol. The lowest BCUT2D eigenvalue weighted by Gasteiger charge is -2.03. The molecule has 2 aromatic rings. The van der Waals surface area contributed by atoms with Crippen LogP contribution in [0.3, 0.4) is 0 Å². The smallest absolute Gasteiger partial charge is 0.277 e. The van der Waals surface area contributed by atoms with Crippen molar-refractivity contribution in [3.05, 3.63) is 34.6 Å². The number of anilines is 1. The van der Waals surface area contributed by atoms with Gasteiger partial charge in [-0.15, -0.1) is 10.2 Å². The van der Waals surface area contributed by atoms with Crippen LogP contribution >= 0.6 is 27.7 Å². The Morgan fingerprint density at radius 2 is 2.15 bits per heavy atom. The summed E-state index contributed by atoms with van der Waals surface area (Å²) < 4.78 is 6.25. The molecule has 0 spiro atoms. The second-order valence-corrected chi connectivity index (χ2v) is 5.88. The summed E-state index contributed by atoms with van der Waals surface area (Å²) in [5, 5.41) is 10.7. The third-order valence-electron chi connectivity index (χ3n) is 2.27. The second-order valence-electron chi connectivity index (χ2n) is 4.04. The van der Waals surface area contributed by atoms with E-state index >= 15 is 0 Å². The molecule has 0 radical (unpaired) electrons. The van der Waals surface area contributed by atoms with Gasteiger partial charge in [0.25, 0.3) is 5.22 Å². The van der Waals surface area contributed by atoms with E-state index in [1.807, 2.05) is 24.3 Å². The van der Waals surface area contributed by atoms with Crippen molar-refractivity contribution >= 4 is 39.3 Å². The normalized spacial score (nSPS) is 12.2. The number of amides is 1. The zero-order chi connectivity index (χ0) is 14.5. The first-order valence-electron chi connectivity index (χ1n) is 5.82. The molecule has 0 aliphatic carbocycles. The molecule has 0 aliphatic heterocycles. The van der Waals surface area contributed by atoms with Crippen molar-refractivity contribution < 1.29 is 9.21 Å². The SMILES string of the molecule is C[C@H](N)c1nnc(SCC(=O)Nc2ccc(Br)cc2)o1. The number of nitrogens with zero attached hydrogens (tertiary/aromatic N) is 2. The Kier molecular flexibility index (Phi) is 5.16. The largest absolute Gasteiger partial charge is 0.414 e. The van der Waals surface area contributed by atoms with E-state index < -0.39 is 0 Å². The lowest BCUT2D eigenvalue weighted by molar-refractivity contribution is -0.113. The van der Waals surface area contributed by atoms with Crippen LogP contribution < -0.4 is 11.1 Å². The molecule has 0 saturated carbocycles. The Balaban J connectivity index is 1.84. The molecule has 6 nitrogen and oxygen atoms in total. The van der Waals surface area contributed by atoms with Crippen LogP contribution in [-0.2, 0) is 4.79 Å². The van der Waals surface area contributed by atoms with E-state index in [1.165, 1.54) is 11.8 Å². The number of carbonyl (C=O) groups excluding carboxylic acids is 1. The molecule has 1 aromatic heterocycles. The fourth-order valence-corrected chi connectivity index (χ4v) is 2.15. The molecule has 3 N–H and O–H groups in total. The van der Waals surface area contributed by atoms with Crippen molar-refractivity contribution in [2.75, 3.05) is 11.1 Å². The van der Waals surface area contributed by atoms with Crippen molar-refractivity contribution in [3.63, 3.8) is 0 Å².